The van der Waals surface area contributed by atoms with E-state index in [1.807, 2.05) is 0 Å². The Labute approximate surface area is 181 Å². The minimum absolute atomic E-state index is 0.119. The highest BCUT2D eigenvalue weighted by atomic mass is 19.3. The Bertz CT molecular complexity index is 663. The summed E-state index contributed by atoms with van der Waals surface area (Å²) in [5.74, 6) is -0.591. The zero-order valence-corrected chi connectivity index (χ0v) is 19.7. The number of alkyl halides is 2. The van der Waals surface area contributed by atoms with Crippen molar-refractivity contribution in [2.45, 2.75) is 97.8 Å². The van der Waals surface area contributed by atoms with E-state index in [1.54, 1.807) is 0 Å². The molecule has 0 bridgehead atoms. The van der Waals surface area contributed by atoms with E-state index in [0.717, 1.165) is 38.5 Å². The van der Waals surface area contributed by atoms with Gasteiger partial charge >= 0.3 is 5.97 Å². The number of rotatable bonds is 4. The summed E-state index contributed by atoms with van der Waals surface area (Å²) in [5, 5.41) is 0. The largest absolute Gasteiger partial charge is 0.469 e. The van der Waals surface area contributed by atoms with Gasteiger partial charge in [-0.1, -0.05) is 34.1 Å². The molecule has 4 fully saturated rings. The number of hydrogen-bond acceptors (Lipinski definition) is 2. The zero-order chi connectivity index (χ0) is 21.9. The van der Waals surface area contributed by atoms with E-state index < -0.39 is 11.8 Å². The van der Waals surface area contributed by atoms with E-state index >= 15 is 8.78 Å². The molecule has 0 radical (unpaired) electrons. The summed E-state index contributed by atoms with van der Waals surface area (Å²) in [4.78, 5) is 11.6. The standard InChI is InChI=1S/C26H42F2O2/c1-16-10-12-25(4)21-11-13-24(3)19(17(2)6-9-23(29)30-5)7-8-20(24)18(21)15-26(27,28)22(25)14-16/h16-22H,6-15H2,1-5H3/t16-,17-,18+,19-,20+,21+,22+,24-,25-/m1/s1. The molecule has 0 saturated heterocycles. The molecule has 0 aromatic carbocycles. The third-order valence-electron chi connectivity index (χ3n) is 10.7. The molecular formula is C26H42F2O2. The van der Waals surface area contributed by atoms with E-state index in [-0.39, 0.29) is 29.1 Å². The normalized spacial score (nSPS) is 48.2. The summed E-state index contributed by atoms with van der Waals surface area (Å²) in [6, 6.07) is 0. The van der Waals surface area contributed by atoms with Crippen molar-refractivity contribution in [3.05, 3.63) is 0 Å². The summed E-state index contributed by atoms with van der Waals surface area (Å²) in [7, 11) is 1.45. The van der Waals surface area contributed by atoms with E-state index in [2.05, 4.69) is 27.7 Å². The molecule has 9 atom stereocenters. The summed E-state index contributed by atoms with van der Waals surface area (Å²) >= 11 is 0. The Hall–Kier alpha value is -0.670. The van der Waals surface area contributed by atoms with Crippen LogP contribution in [0, 0.1) is 52.3 Å². The fourth-order valence-corrected chi connectivity index (χ4v) is 9.09. The molecule has 0 N–H and O–H groups in total. The minimum atomic E-state index is -2.52. The van der Waals surface area contributed by atoms with Crippen LogP contribution < -0.4 is 0 Å². The van der Waals surface area contributed by atoms with Crippen LogP contribution in [0.15, 0.2) is 0 Å². The number of methoxy groups -OCH3 is 1. The molecule has 0 aromatic rings. The molecule has 2 nitrogen and oxygen atoms in total. The maximum absolute atomic E-state index is 15.6. The van der Waals surface area contributed by atoms with Crippen molar-refractivity contribution in [2.24, 2.45) is 52.3 Å². The van der Waals surface area contributed by atoms with Crippen molar-refractivity contribution in [3.8, 4) is 0 Å². The quantitative estimate of drug-likeness (QED) is 0.449. The lowest BCUT2D eigenvalue weighted by Gasteiger charge is -2.63. The second kappa shape index (κ2) is 7.73. The number of carbonyl (C=O) groups excluding carboxylic acids is 1. The van der Waals surface area contributed by atoms with E-state index in [9.17, 15) is 4.79 Å². The molecule has 172 valence electrons. The van der Waals surface area contributed by atoms with Gasteiger partial charge in [0.25, 0.3) is 5.92 Å². The summed E-state index contributed by atoms with van der Waals surface area (Å²) in [6.45, 7) is 9.05. The number of fused-ring (bicyclic) bond motifs is 5. The van der Waals surface area contributed by atoms with Crippen LogP contribution in [0.25, 0.3) is 0 Å². The third kappa shape index (κ3) is 3.43. The van der Waals surface area contributed by atoms with Crippen LogP contribution in [-0.2, 0) is 9.53 Å². The van der Waals surface area contributed by atoms with Gasteiger partial charge in [0.05, 0.1) is 7.11 Å². The van der Waals surface area contributed by atoms with E-state index in [4.69, 9.17) is 4.74 Å². The van der Waals surface area contributed by atoms with Gasteiger partial charge in [0.15, 0.2) is 0 Å². The molecule has 0 spiro atoms. The van der Waals surface area contributed by atoms with Crippen LogP contribution >= 0.6 is 0 Å². The molecule has 0 aromatic heterocycles. The first-order valence-electron chi connectivity index (χ1n) is 12.5. The van der Waals surface area contributed by atoms with Crippen LogP contribution in [0.2, 0.25) is 0 Å². The first kappa shape index (κ1) is 22.5. The SMILES string of the molecule is COC(=O)CC[C@@H](C)[C@H]1CC[C@H]2[C@@H]3CC(F)(F)[C@H]4C[C@H](C)CC[C@]4(C)[C@H]3CC[C@]12C. The maximum Gasteiger partial charge on any atom is 0.305 e. The predicted molar refractivity (Wildman–Crippen MR) is 115 cm³/mol. The van der Waals surface area contributed by atoms with Gasteiger partial charge in [0.2, 0.25) is 0 Å². The highest BCUT2D eigenvalue weighted by Gasteiger charge is 2.66. The molecule has 0 unspecified atom stereocenters. The number of carbonyl (C=O) groups is 1. The lowest BCUT2D eigenvalue weighted by Crippen LogP contribution is -2.60. The minimum Gasteiger partial charge on any atom is -0.469 e. The van der Waals surface area contributed by atoms with Crippen LogP contribution in [0.4, 0.5) is 8.78 Å². The highest BCUT2D eigenvalue weighted by molar-refractivity contribution is 5.69. The molecule has 30 heavy (non-hydrogen) atoms. The first-order valence-corrected chi connectivity index (χ1v) is 12.5. The predicted octanol–water partition coefficient (Wildman–Crippen LogP) is 7.12. The zero-order valence-electron chi connectivity index (χ0n) is 19.7. The van der Waals surface area contributed by atoms with Gasteiger partial charge in [-0.2, -0.15) is 0 Å². The average Bonchev–Trinajstić information content (AvgIpc) is 3.04. The summed E-state index contributed by atoms with van der Waals surface area (Å²) < 4.78 is 36.0. The first-order chi connectivity index (χ1) is 14.0. The third-order valence-corrected chi connectivity index (χ3v) is 10.7. The van der Waals surface area contributed by atoms with Crippen LogP contribution in [-0.4, -0.2) is 19.0 Å². The number of hydrogen-bond donors (Lipinski definition) is 0. The molecule has 0 aliphatic heterocycles. The van der Waals surface area contributed by atoms with E-state index in [0.29, 0.717) is 42.4 Å². The van der Waals surface area contributed by atoms with Crippen LogP contribution in [0.3, 0.4) is 0 Å². The fraction of sp³-hybridized carbons (Fsp3) is 0.962. The molecule has 4 aliphatic carbocycles. The number of halogens is 2. The van der Waals surface area contributed by atoms with Gasteiger partial charge in [-0.25, -0.2) is 8.78 Å². The van der Waals surface area contributed by atoms with Gasteiger partial charge in [0.1, 0.15) is 0 Å². The van der Waals surface area contributed by atoms with Crippen molar-refractivity contribution in [1.82, 2.24) is 0 Å². The van der Waals surface area contributed by atoms with Crippen molar-refractivity contribution >= 4 is 5.97 Å². The summed E-state index contributed by atoms with van der Waals surface area (Å²) in [6.07, 6.45) is 8.77. The fourth-order valence-electron chi connectivity index (χ4n) is 9.09. The Morgan fingerprint density at radius 3 is 2.43 bits per heavy atom. The molecule has 4 rings (SSSR count). The molecule has 4 heteroatoms. The highest BCUT2D eigenvalue weighted by Crippen LogP contribution is 2.70. The summed E-state index contributed by atoms with van der Waals surface area (Å²) in [5.41, 5.74) is -0.0349. The smallest absolute Gasteiger partial charge is 0.305 e. The van der Waals surface area contributed by atoms with Gasteiger partial charge < -0.3 is 4.74 Å². The van der Waals surface area contributed by atoms with Crippen LogP contribution in [0.1, 0.15) is 91.9 Å². The molecule has 0 heterocycles. The average molecular weight is 425 g/mol. The van der Waals surface area contributed by atoms with Gasteiger partial charge in [-0.3, -0.25) is 4.79 Å². The second-order valence-electron chi connectivity index (χ2n) is 12.1. The topological polar surface area (TPSA) is 26.3 Å². The molecule has 4 saturated carbocycles. The van der Waals surface area contributed by atoms with Crippen molar-refractivity contribution in [2.75, 3.05) is 7.11 Å². The van der Waals surface area contributed by atoms with Crippen molar-refractivity contribution in [3.63, 3.8) is 0 Å². The van der Waals surface area contributed by atoms with Gasteiger partial charge in [0, 0.05) is 18.8 Å². The lowest BCUT2D eigenvalue weighted by molar-refractivity contribution is -0.230. The van der Waals surface area contributed by atoms with Gasteiger partial charge in [-0.05, 0) is 91.3 Å². The van der Waals surface area contributed by atoms with Crippen molar-refractivity contribution in [1.29, 1.82) is 0 Å². The molecule has 0 amide bonds. The van der Waals surface area contributed by atoms with Crippen LogP contribution in [0.5, 0.6) is 0 Å². The molecule has 4 aliphatic rings. The Balaban J connectivity index is 1.56. The second-order valence-corrected chi connectivity index (χ2v) is 12.1. The van der Waals surface area contributed by atoms with Crippen molar-refractivity contribution < 1.29 is 18.3 Å². The molecular weight excluding hydrogens is 382 g/mol. The Morgan fingerprint density at radius 2 is 1.73 bits per heavy atom. The Morgan fingerprint density at radius 1 is 1.07 bits per heavy atom. The lowest BCUT2D eigenvalue weighted by atomic mass is 9.43. The number of esters is 1. The maximum atomic E-state index is 15.6. The van der Waals surface area contributed by atoms with E-state index in [1.165, 1.54) is 13.5 Å². The van der Waals surface area contributed by atoms with Gasteiger partial charge in [-0.15, -0.1) is 0 Å². The number of ether oxygens (including phenoxy) is 1. The Kier molecular flexibility index (Phi) is 5.80. The monoisotopic (exact) mass is 424 g/mol.